The summed E-state index contributed by atoms with van der Waals surface area (Å²) in [7, 11) is 1.34. The highest BCUT2D eigenvalue weighted by molar-refractivity contribution is 6.16. The molecule has 0 saturated heterocycles. The highest BCUT2D eigenvalue weighted by Crippen LogP contribution is 2.41. The lowest BCUT2D eigenvalue weighted by Gasteiger charge is -2.13. The Balaban J connectivity index is 1.86. The first-order valence-corrected chi connectivity index (χ1v) is 9.70. The molecule has 2 aromatic heterocycles. The van der Waals surface area contributed by atoms with Gasteiger partial charge < -0.3 is 15.5 Å². The summed E-state index contributed by atoms with van der Waals surface area (Å²) in [5, 5.41) is 1.66. The highest BCUT2D eigenvalue weighted by atomic mass is 19.1. The van der Waals surface area contributed by atoms with Crippen molar-refractivity contribution in [1.82, 2.24) is 9.97 Å². The summed E-state index contributed by atoms with van der Waals surface area (Å²) in [5.41, 5.74) is 11.3. The van der Waals surface area contributed by atoms with E-state index in [-0.39, 0.29) is 5.82 Å². The predicted molar refractivity (Wildman–Crippen MR) is 120 cm³/mol. The van der Waals surface area contributed by atoms with E-state index in [1.54, 1.807) is 36.5 Å². The lowest BCUT2D eigenvalue weighted by Crippen LogP contribution is -2.00. The number of ether oxygens (including phenoxy) is 1. The molecular weight excluding hydrogens is 393 g/mol. The number of carbonyl (C=O) groups excluding carboxylic acids is 1. The lowest BCUT2D eigenvalue weighted by atomic mass is 9.92. The second kappa shape index (κ2) is 7.25. The first-order chi connectivity index (χ1) is 15.1. The second-order valence-corrected chi connectivity index (χ2v) is 7.25. The number of rotatable bonds is 3. The van der Waals surface area contributed by atoms with Gasteiger partial charge in [-0.05, 0) is 42.0 Å². The van der Waals surface area contributed by atoms with Crippen LogP contribution < -0.4 is 5.73 Å². The fourth-order valence-electron chi connectivity index (χ4n) is 3.94. The van der Waals surface area contributed by atoms with Gasteiger partial charge >= 0.3 is 5.97 Å². The molecular formula is C25H18FN3O2. The van der Waals surface area contributed by atoms with Crippen molar-refractivity contribution < 1.29 is 13.9 Å². The molecule has 6 heteroatoms. The summed E-state index contributed by atoms with van der Waals surface area (Å²) < 4.78 is 19.8. The van der Waals surface area contributed by atoms with E-state index in [9.17, 15) is 9.18 Å². The molecule has 3 aromatic carbocycles. The molecule has 0 spiro atoms. The standard InChI is InChI=1S/C25H18FN3O2/c1-31-25(30)15-8-6-14(7-9-15)19-13-28-24-23(18-12-16(27)10-11-21(18)29-24)22(19)17-4-2-3-5-20(17)26/h2-13H,27H2,1H3,(H,28,29). The summed E-state index contributed by atoms with van der Waals surface area (Å²) in [6.45, 7) is 0. The van der Waals surface area contributed by atoms with Crippen molar-refractivity contribution in [2.45, 2.75) is 0 Å². The van der Waals surface area contributed by atoms with Crippen molar-refractivity contribution in [3.63, 3.8) is 0 Å². The maximum absolute atomic E-state index is 15.0. The summed E-state index contributed by atoms with van der Waals surface area (Å²) in [6, 6.07) is 19.2. The molecule has 0 aliphatic carbocycles. The number of aromatic amines is 1. The number of hydrogen-bond acceptors (Lipinski definition) is 4. The molecule has 5 aromatic rings. The number of aromatic nitrogens is 2. The summed E-state index contributed by atoms with van der Waals surface area (Å²) in [6.07, 6.45) is 1.72. The molecule has 0 fully saturated rings. The van der Waals surface area contributed by atoms with Crippen LogP contribution in [0.4, 0.5) is 10.1 Å². The topological polar surface area (TPSA) is 81.0 Å². The minimum absolute atomic E-state index is 0.333. The lowest BCUT2D eigenvalue weighted by molar-refractivity contribution is 0.0601. The molecule has 0 saturated carbocycles. The quantitative estimate of drug-likeness (QED) is 0.301. The predicted octanol–water partition coefficient (Wildman–Crippen LogP) is 5.56. The molecule has 0 unspecified atom stereocenters. The Hall–Kier alpha value is -4.19. The van der Waals surface area contributed by atoms with Gasteiger partial charge in [-0.3, -0.25) is 0 Å². The largest absolute Gasteiger partial charge is 0.465 e. The van der Waals surface area contributed by atoms with Crippen LogP contribution in [-0.2, 0) is 4.74 Å². The number of anilines is 1. The number of carbonyl (C=O) groups is 1. The summed E-state index contributed by atoms with van der Waals surface area (Å²) in [5.74, 6) is -0.748. The number of halogens is 1. The third-order valence-electron chi connectivity index (χ3n) is 5.41. The zero-order chi connectivity index (χ0) is 21.5. The van der Waals surface area contributed by atoms with Crippen LogP contribution in [0, 0.1) is 5.82 Å². The van der Waals surface area contributed by atoms with Crippen molar-refractivity contribution >= 4 is 33.6 Å². The Bertz CT molecular complexity index is 1460. The zero-order valence-corrected chi connectivity index (χ0v) is 16.6. The van der Waals surface area contributed by atoms with E-state index >= 15 is 0 Å². The molecule has 0 aliphatic rings. The maximum Gasteiger partial charge on any atom is 0.337 e. The van der Waals surface area contributed by atoms with Crippen LogP contribution in [0.3, 0.4) is 0 Å². The van der Waals surface area contributed by atoms with Gasteiger partial charge in [0.05, 0.1) is 12.7 Å². The first-order valence-electron chi connectivity index (χ1n) is 9.70. The van der Waals surface area contributed by atoms with E-state index in [0.717, 1.165) is 27.4 Å². The van der Waals surface area contributed by atoms with Gasteiger partial charge in [-0.2, -0.15) is 0 Å². The van der Waals surface area contributed by atoms with Crippen molar-refractivity contribution in [3.05, 3.63) is 84.3 Å². The SMILES string of the molecule is COC(=O)c1ccc(-c2cnc3[nH]c4ccc(N)cc4c3c2-c2ccccc2F)cc1. The average molecular weight is 411 g/mol. The van der Waals surface area contributed by atoms with Crippen LogP contribution in [0.1, 0.15) is 10.4 Å². The van der Waals surface area contributed by atoms with Crippen molar-refractivity contribution in [2.75, 3.05) is 12.8 Å². The van der Waals surface area contributed by atoms with Crippen LogP contribution in [0.15, 0.2) is 72.9 Å². The molecule has 0 bridgehead atoms. The average Bonchev–Trinajstić information content (AvgIpc) is 3.16. The molecule has 152 valence electrons. The number of esters is 1. The van der Waals surface area contributed by atoms with Gasteiger partial charge in [0.1, 0.15) is 11.5 Å². The monoisotopic (exact) mass is 411 g/mol. The van der Waals surface area contributed by atoms with E-state index in [1.165, 1.54) is 13.2 Å². The molecule has 3 N–H and O–H groups in total. The Morgan fingerprint density at radius 3 is 2.55 bits per heavy atom. The number of benzene rings is 3. The minimum Gasteiger partial charge on any atom is -0.465 e. The van der Waals surface area contributed by atoms with Gasteiger partial charge in [0.2, 0.25) is 0 Å². The number of fused-ring (bicyclic) bond motifs is 3. The Labute approximate surface area is 177 Å². The van der Waals surface area contributed by atoms with Gasteiger partial charge in [0, 0.05) is 44.9 Å². The summed E-state index contributed by atoms with van der Waals surface area (Å²) >= 11 is 0. The molecule has 0 amide bonds. The Kier molecular flexibility index (Phi) is 4.40. The number of nitrogens with zero attached hydrogens (tertiary/aromatic N) is 1. The third kappa shape index (κ3) is 3.09. The van der Waals surface area contributed by atoms with E-state index in [1.807, 2.05) is 30.3 Å². The van der Waals surface area contributed by atoms with E-state index in [0.29, 0.717) is 28.0 Å². The number of nitrogens with one attached hydrogen (secondary N) is 1. The normalized spacial score (nSPS) is 11.2. The van der Waals surface area contributed by atoms with Crippen LogP contribution in [0.2, 0.25) is 0 Å². The van der Waals surface area contributed by atoms with E-state index < -0.39 is 5.97 Å². The maximum atomic E-state index is 15.0. The highest BCUT2D eigenvalue weighted by Gasteiger charge is 2.19. The van der Waals surface area contributed by atoms with Gasteiger partial charge in [0.15, 0.2) is 0 Å². The molecule has 5 nitrogen and oxygen atoms in total. The number of methoxy groups -OCH3 is 1. The number of nitrogens with two attached hydrogens (primary N) is 1. The molecule has 31 heavy (non-hydrogen) atoms. The molecule has 0 atom stereocenters. The molecule has 2 heterocycles. The summed E-state index contributed by atoms with van der Waals surface area (Å²) in [4.78, 5) is 19.7. The van der Waals surface area contributed by atoms with Crippen molar-refractivity contribution in [1.29, 1.82) is 0 Å². The molecule has 0 aliphatic heterocycles. The third-order valence-corrected chi connectivity index (χ3v) is 5.41. The van der Waals surface area contributed by atoms with Gasteiger partial charge in [0.25, 0.3) is 0 Å². The Morgan fingerprint density at radius 1 is 1.03 bits per heavy atom. The van der Waals surface area contributed by atoms with Gasteiger partial charge in [-0.15, -0.1) is 0 Å². The van der Waals surface area contributed by atoms with E-state index in [4.69, 9.17) is 10.5 Å². The second-order valence-electron chi connectivity index (χ2n) is 7.25. The Morgan fingerprint density at radius 2 is 1.81 bits per heavy atom. The molecule has 0 radical (unpaired) electrons. The fourth-order valence-corrected chi connectivity index (χ4v) is 3.94. The van der Waals surface area contributed by atoms with Gasteiger partial charge in [-0.1, -0.05) is 30.3 Å². The van der Waals surface area contributed by atoms with Crippen LogP contribution in [0.25, 0.3) is 44.2 Å². The van der Waals surface area contributed by atoms with Crippen molar-refractivity contribution in [3.8, 4) is 22.3 Å². The van der Waals surface area contributed by atoms with Crippen LogP contribution >= 0.6 is 0 Å². The van der Waals surface area contributed by atoms with Crippen molar-refractivity contribution in [2.24, 2.45) is 0 Å². The number of H-pyrrole nitrogens is 1. The minimum atomic E-state index is -0.415. The smallest absolute Gasteiger partial charge is 0.337 e. The first kappa shape index (κ1) is 18.8. The molecule has 5 rings (SSSR count). The van der Waals surface area contributed by atoms with Gasteiger partial charge in [-0.25, -0.2) is 14.2 Å². The number of nitrogen functional groups attached to an aromatic ring is 1. The number of pyridine rings is 1. The zero-order valence-electron chi connectivity index (χ0n) is 16.6. The van der Waals surface area contributed by atoms with E-state index in [2.05, 4.69) is 9.97 Å². The number of hydrogen-bond donors (Lipinski definition) is 2. The van der Waals surface area contributed by atoms with Crippen LogP contribution in [0.5, 0.6) is 0 Å². The van der Waals surface area contributed by atoms with Crippen LogP contribution in [-0.4, -0.2) is 23.0 Å². The fraction of sp³-hybridized carbons (Fsp3) is 0.0400.